The Balaban J connectivity index is 0.000000461. The molecule has 60 valence electrons. The number of carbonyl (C=O) groups is 1. The molecule has 0 spiro atoms. The van der Waals surface area contributed by atoms with E-state index in [1.54, 1.807) is 12.1 Å². The fourth-order valence-corrected chi connectivity index (χ4v) is 0.489. The Kier molecular flexibility index (Phi) is 4.73. The SMILES string of the molecule is CC.O=C(O)c1ccccn1. The molecule has 0 aliphatic rings. The van der Waals surface area contributed by atoms with Crippen LogP contribution in [-0.2, 0) is 0 Å². The van der Waals surface area contributed by atoms with Crippen LogP contribution in [0, 0.1) is 0 Å². The van der Waals surface area contributed by atoms with Gasteiger partial charge in [0.2, 0.25) is 0 Å². The second-order valence-corrected chi connectivity index (χ2v) is 1.52. The predicted octanol–water partition coefficient (Wildman–Crippen LogP) is 1.81. The first-order chi connectivity index (χ1) is 5.30. The number of carboxylic acids is 1. The van der Waals surface area contributed by atoms with Crippen molar-refractivity contribution in [3.8, 4) is 0 Å². The molecule has 0 aliphatic heterocycles. The highest BCUT2D eigenvalue weighted by molar-refractivity contribution is 5.85. The molecule has 0 radical (unpaired) electrons. The maximum absolute atomic E-state index is 10.1. The summed E-state index contributed by atoms with van der Waals surface area (Å²) in [6, 6.07) is 4.76. The zero-order valence-electron chi connectivity index (χ0n) is 6.61. The monoisotopic (exact) mass is 153 g/mol. The van der Waals surface area contributed by atoms with E-state index < -0.39 is 5.97 Å². The minimum Gasteiger partial charge on any atom is -0.477 e. The lowest BCUT2D eigenvalue weighted by atomic mass is 10.4. The lowest BCUT2D eigenvalue weighted by Crippen LogP contribution is -1.97. The number of pyridine rings is 1. The Morgan fingerprint density at radius 2 is 2.09 bits per heavy atom. The summed E-state index contributed by atoms with van der Waals surface area (Å²) < 4.78 is 0. The van der Waals surface area contributed by atoms with Crippen molar-refractivity contribution in [3.63, 3.8) is 0 Å². The molecule has 1 rings (SSSR count). The summed E-state index contributed by atoms with van der Waals surface area (Å²) in [7, 11) is 0. The lowest BCUT2D eigenvalue weighted by Gasteiger charge is -1.87. The molecule has 0 aliphatic carbocycles. The number of hydrogen-bond donors (Lipinski definition) is 1. The Morgan fingerprint density at radius 1 is 1.45 bits per heavy atom. The average Bonchev–Trinajstić information content (AvgIpc) is 2.10. The fourth-order valence-electron chi connectivity index (χ4n) is 0.489. The molecule has 0 fully saturated rings. The van der Waals surface area contributed by atoms with Crippen LogP contribution in [0.2, 0.25) is 0 Å². The van der Waals surface area contributed by atoms with E-state index in [0.29, 0.717) is 0 Å². The van der Waals surface area contributed by atoms with Crippen molar-refractivity contribution in [2.24, 2.45) is 0 Å². The lowest BCUT2D eigenvalue weighted by molar-refractivity contribution is 0.0690. The van der Waals surface area contributed by atoms with Crippen LogP contribution in [-0.4, -0.2) is 16.1 Å². The first kappa shape index (κ1) is 9.62. The van der Waals surface area contributed by atoms with Crippen molar-refractivity contribution in [1.29, 1.82) is 0 Å². The third-order valence-electron chi connectivity index (χ3n) is 0.884. The number of nitrogens with zero attached hydrogens (tertiary/aromatic N) is 1. The zero-order chi connectivity index (χ0) is 8.69. The summed E-state index contributed by atoms with van der Waals surface area (Å²) in [5, 5.41) is 8.32. The first-order valence-corrected chi connectivity index (χ1v) is 3.45. The molecule has 0 saturated carbocycles. The number of carboxylic acid groups (broad SMARTS) is 1. The van der Waals surface area contributed by atoms with Crippen LogP contribution in [0.4, 0.5) is 0 Å². The minimum atomic E-state index is -0.990. The van der Waals surface area contributed by atoms with Gasteiger partial charge in [0.25, 0.3) is 0 Å². The van der Waals surface area contributed by atoms with Crippen LogP contribution in [0.5, 0.6) is 0 Å². The summed E-state index contributed by atoms with van der Waals surface area (Å²) in [5.74, 6) is -0.990. The van der Waals surface area contributed by atoms with Crippen molar-refractivity contribution in [2.75, 3.05) is 0 Å². The van der Waals surface area contributed by atoms with E-state index in [4.69, 9.17) is 5.11 Å². The van der Waals surface area contributed by atoms with Gasteiger partial charge in [-0.25, -0.2) is 9.78 Å². The van der Waals surface area contributed by atoms with E-state index >= 15 is 0 Å². The highest BCUT2D eigenvalue weighted by Gasteiger charge is 1.98. The van der Waals surface area contributed by atoms with E-state index in [9.17, 15) is 4.79 Å². The van der Waals surface area contributed by atoms with Gasteiger partial charge in [0.1, 0.15) is 5.69 Å². The Labute approximate surface area is 65.7 Å². The van der Waals surface area contributed by atoms with Crippen molar-refractivity contribution in [3.05, 3.63) is 30.1 Å². The molecule has 11 heavy (non-hydrogen) atoms. The van der Waals surface area contributed by atoms with Crippen LogP contribution in [0.15, 0.2) is 24.4 Å². The Bertz CT molecular complexity index is 209. The van der Waals surface area contributed by atoms with Crippen molar-refractivity contribution >= 4 is 5.97 Å². The molecule has 1 N–H and O–H groups in total. The number of rotatable bonds is 1. The molecular weight excluding hydrogens is 142 g/mol. The standard InChI is InChI=1S/C6H5NO2.C2H6/c8-6(9)5-3-1-2-4-7-5;1-2/h1-4H,(H,8,9);1-2H3. The number of hydrogen-bond acceptors (Lipinski definition) is 2. The van der Waals surface area contributed by atoms with Gasteiger partial charge < -0.3 is 5.11 Å². The van der Waals surface area contributed by atoms with Gasteiger partial charge in [-0.05, 0) is 12.1 Å². The molecule has 1 heterocycles. The van der Waals surface area contributed by atoms with Gasteiger partial charge >= 0.3 is 5.97 Å². The first-order valence-electron chi connectivity index (χ1n) is 3.45. The van der Waals surface area contributed by atoms with Crippen LogP contribution < -0.4 is 0 Å². The molecule has 0 unspecified atom stereocenters. The topological polar surface area (TPSA) is 50.2 Å². The van der Waals surface area contributed by atoms with Gasteiger partial charge in [0.05, 0.1) is 0 Å². The highest BCUT2D eigenvalue weighted by atomic mass is 16.4. The minimum absolute atomic E-state index is 0.0810. The molecule has 0 saturated heterocycles. The largest absolute Gasteiger partial charge is 0.477 e. The highest BCUT2D eigenvalue weighted by Crippen LogP contribution is 1.90. The van der Waals surface area contributed by atoms with Gasteiger partial charge in [0, 0.05) is 6.20 Å². The van der Waals surface area contributed by atoms with Gasteiger partial charge in [0.15, 0.2) is 0 Å². The van der Waals surface area contributed by atoms with Crippen LogP contribution in [0.3, 0.4) is 0 Å². The summed E-state index contributed by atoms with van der Waals surface area (Å²) >= 11 is 0. The Morgan fingerprint density at radius 3 is 2.36 bits per heavy atom. The summed E-state index contributed by atoms with van der Waals surface area (Å²) in [6.07, 6.45) is 1.45. The molecule has 0 aromatic carbocycles. The van der Waals surface area contributed by atoms with E-state index in [1.165, 1.54) is 12.3 Å². The van der Waals surface area contributed by atoms with E-state index in [0.717, 1.165) is 0 Å². The van der Waals surface area contributed by atoms with Crippen LogP contribution in [0.25, 0.3) is 0 Å². The van der Waals surface area contributed by atoms with Crippen LogP contribution >= 0.6 is 0 Å². The van der Waals surface area contributed by atoms with Crippen molar-refractivity contribution in [1.82, 2.24) is 4.98 Å². The predicted molar refractivity (Wildman–Crippen MR) is 42.5 cm³/mol. The maximum Gasteiger partial charge on any atom is 0.354 e. The second kappa shape index (κ2) is 5.41. The van der Waals surface area contributed by atoms with Gasteiger partial charge in [-0.1, -0.05) is 19.9 Å². The average molecular weight is 153 g/mol. The summed E-state index contributed by atoms with van der Waals surface area (Å²) in [6.45, 7) is 4.00. The maximum atomic E-state index is 10.1. The molecule has 0 amide bonds. The van der Waals surface area contributed by atoms with E-state index in [2.05, 4.69) is 4.98 Å². The Hall–Kier alpha value is -1.38. The normalized spacial score (nSPS) is 7.82. The summed E-state index contributed by atoms with van der Waals surface area (Å²) in [4.78, 5) is 13.7. The number of aromatic carboxylic acids is 1. The fraction of sp³-hybridized carbons (Fsp3) is 0.250. The smallest absolute Gasteiger partial charge is 0.354 e. The third-order valence-corrected chi connectivity index (χ3v) is 0.884. The quantitative estimate of drug-likeness (QED) is 0.669. The molecule has 3 heteroatoms. The van der Waals surface area contributed by atoms with Gasteiger partial charge in [-0.15, -0.1) is 0 Å². The van der Waals surface area contributed by atoms with Crippen molar-refractivity contribution < 1.29 is 9.90 Å². The van der Waals surface area contributed by atoms with Crippen molar-refractivity contribution in [2.45, 2.75) is 13.8 Å². The second-order valence-electron chi connectivity index (χ2n) is 1.52. The van der Waals surface area contributed by atoms with Crippen LogP contribution in [0.1, 0.15) is 24.3 Å². The molecule has 1 aromatic rings. The molecular formula is C8H11NO2. The molecule has 1 aromatic heterocycles. The molecule has 0 bridgehead atoms. The third kappa shape index (κ3) is 3.35. The van der Waals surface area contributed by atoms with E-state index in [-0.39, 0.29) is 5.69 Å². The van der Waals surface area contributed by atoms with E-state index in [1.807, 2.05) is 13.8 Å². The molecule has 3 nitrogen and oxygen atoms in total. The van der Waals surface area contributed by atoms with Gasteiger partial charge in [-0.2, -0.15) is 0 Å². The summed E-state index contributed by atoms with van der Waals surface area (Å²) in [5.41, 5.74) is 0.0810. The number of aromatic nitrogens is 1. The van der Waals surface area contributed by atoms with Gasteiger partial charge in [-0.3, -0.25) is 0 Å². The molecule has 0 atom stereocenters. The zero-order valence-corrected chi connectivity index (χ0v) is 6.61.